The fraction of sp³-hybridized carbons (Fsp3) is 0.286. The molecule has 1 aliphatic rings. The second-order valence-electron chi connectivity index (χ2n) is 4.54. The number of rotatable bonds is 3. The second-order valence-corrected chi connectivity index (χ2v) is 4.92. The fourth-order valence-electron chi connectivity index (χ4n) is 2.11. The Labute approximate surface area is 122 Å². The molecule has 1 atom stereocenters. The molecule has 1 aliphatic heterocycles. The summed E-state index contributed by atoms with van der Waals surface area (Å²) in [5, 5.41) is 6.92. The molecular weight excluding hydrogens is 276 g/mol. The van der Waals surface area contributed by atoms with Gasteiger partial charge in [-0.25, -0.2) is 9.97 Å². The van der Waals surface area contributed by atoms with Gasteiger partial charge in [0.15, 0.2) is 0 Å². The van der Waals surface area contributed by atoms with E-state index in [4.69, 9.17) is 16.3 Å². The lowest BCUT2D eigenvalue weighted by atomic mass is 10.1. The van der Waals surface area contributed by atoms with Gasteiger partial charge in [0.25, 0.3) is 0 Å². The number of morpholine rings is 1. The highest BCUT2D eigenvalue weighted by Crippen LogP contribution is 2.22. The summed E-state index contributed by atoms with van der Waals surface area (Å²) >= 11 is 5.82. The molecular formula is C14H15ClN4O. The van der Waals surface area contributed by atoms with Crippen LogP contribution in [-0.2, 0) is 4.74 Å². The Morgan fingerprint density at radius 2 is 2.10 bits per heavy atom. The molecule has 2 aromatic rings. The zero-order valence-corrected chi connectivity index (χ0v) is 11.6. The van der Waals surface area contributed by atoms with Crippen molar-refractivity contribution in [2.45, 2.75) is 6.10 Å². The predicted octanol–water partition coefficient (Wildman–Crippen LogP) is 2.53. The minimum Gasteiger partial charge on any atom is -0.371 e. The van der Waals surface area contributed by atoms with E-state index < -0.39 is 0 Å². The van der Waals surface area contributed by atoms with Gasteiger partial charge < -0.3 is 15.4 Å². The van der Waals surface area contributed by atoms with Gasteiger partial charge in [-0.2, -0.15) is 0 Å². The maximum Gasteiger partial charge on any atom is 0.135 e. The number of benzene rings is 1. The van der Waals surface area contributed by atoms with Crippen molar-refractivity contribution in [2.75, 3.05) is 25.0 Å². The standard InChI is InChI=1S/C14H15ClN4O/c15-13-7-14(18-9-17-13)19-11-3-1-10(2-4-11)12-8-16-5-6-20-12/h1-4,7,9,12,16H,5-6,8H2,(H,17,18,19)/t12-/m0/s1. The van der Waals surface area contributed by atoms with E-state index in [1.165, 1.54) is 11.9 Å². The van der Waals surface area contributed by atoms with Gasteiger partial charge in [0.2, 0.25) is 0 Å². The molecule has 1 saturated heterocycles. The van der Waals surface area contributed by atoms with Crippen LogP contribution in [0.1, 0.15) is 11.7 Å². The average molecular weight is 291 g/mol. The Bertz CT molecular complexity index is 570. The molecule has 1 aromatic heterocycles. The summed E-state index contributed by atoms with van der Waals surface area (Å²) in [7, 11) is 0. The first-order valence-corrected chi connectivity index (χ1v) is 6.86. The largest absolute Gasteiger partial charge is 0.371 e. The molecule has 0 radical (unpaired) electrons. The Morgan fingerprint density at radius 1 is 1.25 bits per heavy atom. The molecule has 1 fully saturated rings. The lowest BCUT2D eigenvalue weighted by Gasteiger charge is -2.24. The number of aromatic nitrogens is 2. The smallest absolute Gasteiger partial charge is 0.135 e. The van der Waals surface area contributed by atoms with Crippen molar-refractivity contribution in [1.29, 1.82) is 0 Å². The van der Waals surface area contributed by atoms with Crippen molar-refractivity contribution in [3.8, 4) is 0 Å². The van der Waals surface area contributed by atoms with Gasteiger partial charge in [0.05, 0.1) is 12.7 Å². The van der Waals surface area contributed by atoms with E-state index in [1.807, 2.05) is 12.1 Å². The minimum absolute atomic E-state index is 0.131. The summed E-state index contributed by atoms with van der Waals surface area (Å²) < 4.78 is 5.72. The first-order valence-electron chi connectivity index (χ1n) is 6.48. The van der Waals surface area contributed by atoms with Crippen LogP contribution in [0.5, 0.6) is 0 Å². The lowest BCUT2D eigenvalue weighted by molar-refractivity contribution is 0.0277. The highest BCUT2D eigenvalue weighted by atomic mass is 35.5. The topological polar surface area (TPSA) is 59.1 Å². The van der Waals surface area contributed by atoms with Crippen LogP contribution in [0.2, 0.25) is 5.15 Å². The number of nitrogens with one attached hydrogen (secondary N) is 2. The molecule has 0 aliphatic carbocycles. The quantitative estimate of drug-likeness (QED) is 0.851. The van der Waals surface area contributed by atoms with E-state index in [-0.39, 0.29) is 6.10 Å². The molecule has 0 amide bonds. The molecule has 5 nitrogen and oxygen atoms in total. The van der Waals surface area contributed by atoms with Gasteiger partial charge in [-0.15, -0.1) is 0 Å². The maximum atomic E-state index is 5.82. The van der Waals surface area contributed by atoms with E-state index in [1.54, 1.807) is 6.07 Å². The van der Waals surface area contributed by atoms with Crippen LogP contribution in [0.15, 0.2) is 36.7 Å². The maximum absolute atomic E-state index is 5.82. The van der Waals surface area contributed by atoms with Gasteiger partial charge in [0.1, 0.15) is 17.3 Å². The summed E-state index contributed by atoms with van der Waals surface area (Å²) in [5.74, 6) is 0.674. The third-order valence-electron chi connectivity index (χ3n) is 3.12. The predicted molar refractivity (Wildman–Crippen MR) is 78.3 cm³/mol. The van der Waals surface area contributed by atoms with Gasteiger partial charge >= 0.3 is 0 Å². The lowest BCUT2D eigenvalue weighted by Crippen LogP contribution is -2.33. The first kappa shape index (κ1) is 13.3. The van der Waals surface area contributed by atoms with Gasteiger partial charge in [-0.3, -0.25) is 0 Å². The molecule has 3 rings (SSSR count). The number of halogens is 1. The second kappa shape index (κ2) is 6.17. The molecule has 0 bridgehead atoms. The van der Waals surface area contributed by atoms with Crippen molar-refractivity contribution >= 4 is 23.1 Å². The molecule has 0 spiro atoms. The number of hydrogen-bond acceptors (Lipinski definition) is 5. The molecule has 2 heterocycles. The van der Waals surface area contributed by atoms with Gasteiger partial charge in [0, 0.05) is 24.8 Å². The van der Waals surface area contributed by atoms with Crippen molar-refractivity contribution in [3.05, 3.63) is 47.4 Å². The first-order chi connectivity index (χ1) is 9.81. The number of hydrogen-bond donors (Lipinski definition) is 2. The Kier molecular flexibility index (Phi) is 4.11. The van der Waals surface area contributed by atoms with Crippen LogP contribution in [0.3, 0.4) is 0 Å². The van der Waals surface area contributed by atoms with Crippen molar-refractivity contribution < 1.29 is 4.74 Å². The monoisotopic (exact) mass is 290 g/mol. The molecule has 2 N–H and O–H groups in total. The van der Waals surface area contributed by atoms with E-state index in [2.05, 4.69) is 32.7 Å². The number of nitrogens with zero attached hydrogens (tertiary/aromatic N) is 2. The highest BCUT2D eigenvalue weighted by Gasteiger charge is 2.15. The highest BCUT2D eigenvalue weighted by molar-refractivity contribution is 6.29. The Balaban J connectivity index is 1.69. The van der Waals surface area contributed by atoms with E-state index >= 15 is 0 Å². The van der Waals surface area contributed by atoms with Crippen LogP contribution in [0, 0.1) is 0 Å². The summed E-state index contributed by atoms with van der Waals surface area (Å²) in [6.07, 6.45) is 1.56. The molecule has 0 saturated carbocycles. The van der Waals surface area contributed by atoms with Crippen molar-refractivity contribution in [1.82, 2.24) is 15.3 Å². The fourth-order valence-corrected chi connectivity index (χ4v) is 2.26. The summed E-state index contributed by atoms with van der Waals surface area (Å²) in [5.41, 5.74) is 2.12. The summed E-state index contributed by atoms with van der Waals surface area (Å²) in [6, 6.07) is 9.81. The SMILES string of the molecule is Clc1cc(Nc2ccc([C@@H]3CNCCO3)cc2)ncn1. The third-order valence-corrected chi connectivity index (χ3v) is 3.32. The Morgan fingerprint density at radius 3 is 2.80 bits per heavy atom. The summed E-state index contributed by atoms with van der Waals surface area (Å²) in [6.45, 7) is 2.53. The molecule has 1 aromatic carbocycles. The van der Waals surface area contributed by atoms with Crippen LogP contribution in [0.25, 0.3) is 0 Å². The minimum atomic E-state index is 0.131. The molecule has 20 heavy (non-hydrogen) atoms. The number of ether oxygens (including phenoxy) is 1. The van der Waals surface area contributed by atoms with Crippen LogP contribution in [0.4, 0.5) is 11.5 Å². The van der Waals surface area contributed by atoms with Crippen LogP contribution in [-0.4, -0.2) is 29.7 Å². The zero-order chi connectivity index (χ0) is 13.8. The molecule has 0 unspecified atom stereocenters. The summed E-state index contributed by atoms with van der Waals surface area (Å²) in [4.78, 5) is 7.95. The molecule has 6 heteroatoms. The average Bonchev–Trinajstić information content (AvgIpc) is 2.49. The zero-order valence-electron chi connectivity index (χ0n) is 10.8. The van der Waals surface area contributed by atoms with Crippen molar-refractivity contribution in [2.24, 2.45) is 0 Å². The number of anilines is 2. The molecule has 104 valence electrons. The Hall–Kier alpha value is -1.69. The van der Waals surface area contributed by atoms with E-state index in [0.29, 0.717) is 11.0 Å². The van der Waals surface area contributed by atoms with Gasteiger partial charge in [-0.05, 0) is 17.7 Å². The van der Waals surface area contributed by atoms with Crippen molar-refractivity contribution in [3.63, 3.8) is 0 Å². The van der Waals surface area contributed by atoms with Crippen LogP contribution >= 0.6 is 11.6 Å². The van der Waals surface area contributed by atoms with Gasteiger partial charge in [-0.1, -0.05) is 23.7 Å². The van der Waals surface area contributed by atoms with Crippen LogP contribution < -0.4 is 10.6 Å². The third kappa shape index (κ3) is 3.25. The van der Waals surface area contributed by atoms with E-state index in [0.717, 1.165) is 25.4 Å². The van der Waals surface area contributed by atoms with E-state index in [9.17, 15) is 0 Å². The normalized spacial score (nSPS) is 18.8.